The van der Waals surface area contributed by atoms with Crippen LogP contribution in [0.15, 0.2) is 120 Å². The van der Waals surface area contributed by atoms with Crippen molar-refractivity contribution in [2.75, 3.05) is 5.43 Å². The first-order valence-electron chi connectivity index (χ1n) is 14.1. The van der Waals surface area contributed by atoms with Crippen molar-refractivity contribution in [1.29, 1.82) is 0 Å². The highest BCUT2D eigenvalue weighted by Gasteiger charge is 2.56. The van der Waals surface area contributed by atoms with Crippen LogP contribution in [-0.2, 0) is 32.3 Å². The Kier molecular flexibility index (Phi) is 9.27. The average molecular weight is 581 g/mol. The number of benzene rings is 4. The van der Waals surface area contributed by atoms with E-state index in [0.29, 0.717) is 17.0 Å². The van der Waals surface area contributed by atoms with E-state index in [0.717, 1.165) is 11.1 Å². The van der Waals surface area contributed by atoms with E-state index in [4.69, 9.17) is 9.47 Å². The minimum atomic E-state index is -1.67. The van der Waals surface area contributed by atoms with Crippen LogP contribution < -0.4 is 5.43 Å². The Morgan fingerprint density at radius 1 is 0.814 bits per heavy atom. The molecule has 2 N–H and O–H groups in total. The molecule has 0 heterocycles. The van der Waals surface area contributed by atoms with Gasteiger partial charge < -0.3 is 14.6 Å². The maximum Gasteiger partial charge on any atom is 0.315 e. The van der Waals surface area contributed by atoms with Gasteiger partial charge in [0.15, 0.2) is 0 Å². The molecule has 43 heavy (non-hydrogen) atoms. The van der Waals surface area contributed by atoms with Gasteiger partial charge in [0.2, 0.25) is 0 Å². The first kappa shape index (κ1) is 29.7. The number of ether oxygens (including phenoxy) is 2. The first-order chi connectivity index (χ1) is 20.8. The highest BCUT2D eigenvalue weighted by molar-refractivity contribution is 6.06. The number of carbonyl (C=O) groups excluding carboxylic acids is 2. The van der Waals surface area contributed by atoms with Gasteiger partial charge in [-0.05, 0) is 47.9 Å². The number of hydrogen-bond acceptors (Lipinski definition) is 7. The van der Waals surface area contributed by atoms with Gasteiger partial charge in [-0.1, -0.05) is 91.0 Å². The van der Waals surface area contributed by atoms with Crippen LogP contribution >= 0.6 is 0 Å². The van der Waals surface area contributed by atoms with Crippen molar-refractivity contribution in [1.82, 2.24) is 0 Å². The molecule has 220 valence electrons. The number of hydrazone groups is 1. The summed E-state index contributed by atoms with van der Waals surface area (Å²) in [6.07, 6.45) is -0.110. The zero-order chi connectivity index (χ0) is 30.2. The van der Waals surface area contributed by atoms with Crippen LogP contribution in [0.1, 0.15) is 36.0 Å². The Morgan fingerprint density at radius 3 is 1.88 bits per heavy atom. The molecule has 1 saturated carbocycles. The van der Waals surface area contributed by atoms with Gasteiger partial charge in [0.05, 0.1) is 22.9 Å². The number of para-hydroxylation sites is 1. The smallest absolute Gasteiger partial charge is 0.315 e. The van der Waals surface area contributed by atoms with E-state index >= 15 is 0 Å². The fourth-order valence-electron chi connectivity index (χ4n) is 5.52. The quantitative estimate of drug-likeness (QED) is 0.179. The minimum absolute atomic E-state index is 0.00518. The van der Waals surface area contributed by atoms with Gasteiger partial charge in [0.1, 0.15) is 24.9 Å². The fourth-order valence-corrected chi connectivity index (χ4v) is 5.52. The molecular weight excluding hydrogens is 547 g/mol. The summed E-state index contributed by atoms with van der Waals surface area (Å²) in [5.74, 6) is -5.02. The molecule has 0 aromatic heterocycles. The summed E-state index contributed by atoms with van der Waals surface area (Å²) in [6, 6.07) is 33.1. The number of carbonyl (C=O) groups is 2. The Morgan fingerprint density at radius 2 is 1.33 bits per heavy atom. The standard InChI is InChI=1S/C35H33FN2O5/c1-35(41)21-29(38-37-28-15-9-4-10-16-28)31(33(39)42-22-24-11-5-2-6-12-24)30(26-17-19-27(36)20-18-26)32(35)34(40)43-23-25-13-7-3-8-14-25/h2-20,30-32,37,41H,21-23H2,1H3/b38-29+/t30-,31+,32+,35+/m1/s1. The van der Waals surface area contributed by atoms with Crippen molar-refractivity contribution in [3.63, 3.8) is 0 Å². The lowest BCUT2D eigenvalue weighted by molar-refractivity contribution is -0.165. The van der Waals surface area contributed by atoms with E-state index in [1.54, 1.807) is 0 Å². The lowest BCUT2D eigenvalue weighted by atomic mass is 9.61. The molecule has 8 heteroatoms. The molecule has 0 unspecified atom stereocenters. The zero-order valence-electron chi connectivity index (χ0n) is 23.7. The van der Waals surface area contributed by atoms with Gasteiger partial charge in [0.25, 0.3) is 0 Å². The summed E-state index contributed by atoms with van der Waals surface area (Å²) in [5, 5.41) is 16.4. The summed E-state index contributed by atoms with van der Waals surface area (Å²) >= 11 is 0. The molecule has 0 radical (unpaired) electrons. The van der Waals surface area contributed by atoms with Gasteiger partial charge in [-0.15, -0.1) is 0 Å². The van der Waals surface area contributed by atoms with Crippen LogP contribution in [0.5, 0.6) is 0 Å². The van der Waals surface area contributed by atoms with Crippen LogP contribution in [0.4, 0.5) is 10.1 Å². The Balaban J connectivity index is 1.54. The minimum Gasteiger partial charge on any atom is -0.461 e. The number of aliphatic hydroxyl groups is 1. The monoisotopic (exact) mass is 580 g/mol. The van der Waals surface area contributed by atoms with Gasteiger partial charge in [-0.3, -0.25) is 15.0 Å². The number of esters is 2. The molecule has 0 aliphatic heterocycles. The SMILES string of the molecule is C[C@]1(O)C/C(=N\Nc2ccccc2)[C@H](C(=O)OCc2ccccc2)[C@@H](c2ccc(F)cc2)[C@H]1C(=O)OCc1ccccc1. The van der Waals surface area contributed by atoms with E-state index in [9.17, 15) is 19.1 Å². The molecule has 1 aliphatic rings. The highest BCUT2D eigenvalue weighted by atomic mass is 19.1. The molecule has 1 fully saturated rings. The Labute approximate surface area is 250 Å². The summed E-state index contributed by atoms with van der Waals surface area (Å²) in [5.41, 5.74) is 4.32. The zero-order valence-corrected chi connectivity index (χ0v) is 23.7. The maximum absolute atomic E-state index is 14.1. The number of nitrogens with one attached hydrogen (secondary N) is 1. The van der Waals surface area contributed by atoms with Crippen molar-refractivity contribution in [2.24, 2.45) is 16.9 Å². The second kappa shape index (κ2) is 13.4. The van der Waals surface area contributed by atoms with Crippen LogP contribution in [-0.4, -0.2) is 28.4 Å². The van der Waals surface area contributed by atoms with E-state index in [1.165, 1.54) is 31.2 Å². The third-order valence-electron chi connectivity index (χ3n) is 7.60. The number of rotatable bonds is 9. The van der Waals surface area contributed by atoms with Gasteiger partial charge in [0, 0.05) is 12.3 Å². The molecule has 0 saturated heterocycles. The molecule has 4 atom stereocenters. The second-order valence-corrected chi connectivity index (χ2v) is 10.8. The maximum atomic E-state index is 14.1. The first-order valence-corrected chi connectivity index (χ1v) is 14.1. The molecule has 1 aliphatic carbocycles. The van der Waals surface area contributed by atoms with E-state index in [1.807, 2.05) is 91.0 Å². The van der Waals surface area contributed by atoms with E-state index < -0.39 is 41.1 Å². The summed E-state index contributed by atoms with van der Waals surface area (Å²) in [7, 11) is 0. The van der Waals surface area contributed by atoms with Gasteiger partial charge in [-0.25, -0.2) is 4.39 Å². The molecule has 4 aromatic rings. The molecule has 7 nitrogen and oxygen atoms in total. The van der Waals surface area contributed by atoms with E-state index in [-0.39, 0.29) is 19.6 Å². The number of nitrogens with zero attached hydrogens (tertiary/aromatic N) is 1. The highest BCUT2D eigenvalue weighted by Crippen LogP contribution is 2.47. The second-order valence-electron chi connectivity index (χ2n) is 10.8. The summed E-state index contributed by atoms with van der Waals surface area (Å²) < 4.78 is 25.6. The van der Waals surface area contributed by atoms with Crippen molar-refractivity contribution >= 4 is 23.3 Å². The molecule has 0 amide bonds. The summed E-state index contributed by atoms with van der Waals surface area (Å²) in [6.45, 7) is 1.52. The van der Waals surface area contributed by atoms with Gasteiger partial charge >= 0.3 is 11.9 Å². The largest absolute Gasteiger partial charge is 0.461 e. The van der Waals surface area contributed by atoms with Crippen LogP contribution in [0.25, 0.3) is 0 Å². The van der Waals surface area contributed by atoms with Crippen molar-refractivity contribution in [3.05, 3.63) is 138 Å². The molecule has 0 bridgehead atoms. The van der Waals surface area contributed by atoms with Crippen molar-refractivity contribution < 1.29 is 28.6 Å². The van der Waals surface area contributed by atoms with E-state index in [2.05, 4.69) is 10.5 Å². The third-order valence-corrected chi connectivity index (χ3v) is 7.60. The fraction of sp³-hybridized carbons (Fsp3) is 0.229. The molecule has 5 rings (SSSR count). The van der Waals surface area contributed by atoms with Crippen LogP contribution in [0, 0.1) is 17.7 Å². The lowest BCUT2D eigenvalue weighted by Gasteiger charge is -2.45. The third kappa shape index (κ3) is 7.34. The topological polar surface area (TPSA) is 97.2 Å². The normalized spacial score (nSPS) is 22.5. The molecular formula is C35H33FN2O5. The van der Waals surface area contributed by atoms with Crippen molar-refractivity contribution in [3.8, 4) is 0 Å². The number of anilines is 1. The Bertz CT molecular complexity index is 1540. The molecule has 4 aromatic carbocycles. The lowest BCUT2D eigenvalue weighted by Crippen LogP contribution is -2.55. The average Bonchev–Trinajstić information content (AvgIpc) is 3.02. The van der Waals surface area contributed by atoms with Crippen LogP contribution in [0.3, 0.4) is 0 Å². The Hall–Kier alpha value is -4.82. The molecule has 0 spiro atoms. The number of hydrogen-bond donors (Lipinski definition) is 2. The van der Waals surface area contributed by atoms with Gasteiger partial charge in [-0.2, -0.15) is 5.10 Å². The number of halogens is 1. The summed E-state index contributed by atoms with van der Waals surface area (Å²) in [4.78, 5) is 27.8. The predicted octanol–water partition coefficient (Wildman–Crippen LogP) is 6.25. The van der Waals surface area contributed by atoms with Crippen LogP contribution in [0.2, 0.25) is 0 Å². The predicted molar refractivity (Wildman–Crippen MR) is 161 cm³/mol. The van der Waals surface area contributed by atoms with Crippen molar-refractivity contribution in [2.45, 2.75) is 38.1 Å².